The number of nitrogens with two attached hydrogens (primary N) is 1. The minimum Gasteiger partial charge on any atom is -0.467 e. The lowest BCUT2D eigenvalue weighted by Crippen LogP contribution is -2.66. The molecule has 20 nitrogen and oxygen atoms in total. The highest BCUT2D eigenvalue weighted by Gasteiger charge is 2.49. The minimum absolute atomic E-state index is 0.00464. The van der Waals surface area contributed by atoms with E-state index in [9.17, 15) is 51.9 Å². The fraction of sp³-hybridized carbons (Fsp3) is 0.453. The standard InChI is InChI=1S/C40H49FN4O7.C35H41FN4O5/c1-39(2,3)52-38(50)43-40(4,5)37(49)42-31(22-25-14-17-30(41)18-15-25)34(46)44-19-20-45(35(47)32(44)23-26-11-12-26)33(36(48)51-6)24-27-13-16-28-9-7-8-10-29(28)21-27;1-35(2,37)34(44)38-28(19-22-11-14-27(36)15-12-22)31(41)39-16-17-40(32(42)29(39)20-23-8-9-23)30(33(43)45-3)21-24-10-13-25-6-4-5-7-26(25)18-24/h7-10,13-18,21,26,31-33H,11-12,19-20,22-24H2,1-6H3,(H,42,49)(H,43,50);4-7,10-15,18,23,28-30H,8-9,16-17,19-21,37H2,1-3H3,(H,38,44)/t31-,32+,33+;28-,29+,30+/m11/s1. The van der Waals surface area contributed by atoms with Gasteiger partial charge in [-0.15, -0.1) is 0 Å². The molecular weight excluding hydrogens is 1240 g/mol. The summed E-state index contributed by atoms with van der Waals surface area (Å²) in [6, 6.07) is 33.4. The maximum atomic E-state index is 14.5. The Bertz CT molecular complexity index is 3860. The van der Waals surface area contributed by atoms with E-state index in [1.54, 1.807) is 56.6 Å². The molecule has 2 saturated heterocycles. The Morgan fingerprint density at radius 1 is 0.505 bits per heavy atom. The van der Waals surface area contributed by atoms with Gasteiger partial charge in [0.25, 0.3) is 0 Å². The second-order valence-electron chi connectivity index (χ2n) is 28.1. The first-order valence-electron chi connectivity index (χ1n) is 33.2. The van der Waals surface area contributed by atoms with E-state index in [1.165, 1.54) is 74.3 Å². The number of benzene rings is 6. The summed E-state index contributed by atoms with van der Waals surface area (Å²) >= 11 is 0. The van der Waals surface area contributed by atoms with Gasteiger partial charge in [0.1, 0.15) is 59.0 Å². The van der Waals surface area contributed by atoms with Gasteiger partial charge in [0.15, 0.2) is 0 Å². The van der Waals surface area contributed by atoms with Gasteiger partial charge in [0.05, 0.1) is 19.8 Å². The molecule has 0 unspecified atom stereocenters. The van der Waals surface area contributed by atoms with Crippen LogP contribution in [0, 0.1) is 23.5 Å². The van der Waals surface area contributed by atoms with Crippen molar-refractivity contribution in [2.75, 3.05) is 40.4 Å². The number of rotatable bonds is 23. The van der Waals surface area contributed by atoms with Crippen LogP contribution in [0.15, 0.2) is 133 Å². The summed E-state index contributed by atoms with van der Waals surface area (Å²) in [5, 5.41) is 12.3. The van der Waals surface area contributed by atoms with E-state index in [-0.39, 0.29) is 69.6 Å². The molecule has 4 fully saturated rings. The van der Waals surface area contributed by atoms with Crippen LogP contribution in [0.3, 0.4) is 0 Å². The molecule has 0 spiro atoms. The Kier molecular flexibility index (Phi) is 22.9. The van der Waals surface area contributed by atoms with Gasteiger partial charge in [0, 0.05) is 51.9 Å². The number of alkyl carbamates (subject to hydrolysis) is 1. The molecule has 516 valence electrons. The van der Waals surface area contributed by atoms with Crippen LogP contribution in [0.4, 0.5) is 13.6 Å². The molecule has 2 saturated carbocycles. The van der Waals surface area contributed by atoms with Crippen LogP contribution in [-0.2, 0) is 78.3 Å². The number of piperazine rings is 2. The Balaban J connectivity index is 0.000000230. The summed E-state index contributed by atoms with van der Waals surface area (Å²) in [6.07, 6.45) is 4.43. The molecule has 2 aliphatic carbocycles. The van der Waals surface area contributed by atoms with Crippen molar-refractivity contribution in [2.24, 2.45) is 17.6 Å². The smallest absolute Gasteiger partial charge is 0.408 e. The van der Waals surface area contributed by atoms with Crippen LogP contribution in [-0.4, -0.2) is 166 Å². The van der Waals surface area contributed by atoms with E-state index in [2.05, 4.69) is 16.0 Å². The van der Waals surface area contributed by atoms with E-state index in [1.807, 2.05) is 84.9 Å². The molecule has 10 rings (SSSR count). The Labute approximate surface area is 565 Å². The first-order chi connectivity index (χ1) is 46.0. The van der Waals surface area contributed by atoms with E-state index >= 15 is 0 Å². The van der Waals surface area contributed by atoms with E-state index in [0.29, 0.717) is 29.9 Å². The summed E-state index contributed by atoms with van der Waals surface area (Å²) in [6.45, 7) is 11.7. The number of hydrogen-bond donors (Lipinski definition) is 4. The van der Waals surface area contributed by atoms with Crippen molar-refractivity contribution in [2.45, 2.75) is 166 Å². The van der Waals surface area contributed by atoms with Gasteiger partial charge in [0.2, 0.25) is 35.4 Å². The molecule has 0 bridgehead atoms. The highest BCUT2D eigenvalue weighted by atomic mass is 19.1. The minimum atomic E-state index is -1.48. The number of carbonyl (C=O) groups is 9. The van der Waals surface area contributed by atoms with Crippen LogP contribution in [0.1, 0.15) is 109 Å². The molecule has 2 aliphatic heterocycles. The predicted molar refractivity (Wildman–Crippen MR) is 362 cm³/mol. The molecule has 5 N–H and O–H groups in total. The number of hydrogen-bond acceptors (Lipinski definition) is 13. The number of fused-ring (bicyclic) bond motifs is 2. The molecule has 22 heteroatoms. The number of esters is 2. The number of carbonyl (C=O) groups excluding carboxylic acids is 9. The number of nitrogens with zero attached hydrogens (tertiary/aromatic N) is 4. The number of methoxy groups -OCH3 is 2. The average molecular weight is 1330 g/mol. The average Bonchev–Trinajstić information content (AvgIpc) is 1.66. The van der Waals surface area contributed by atoms with E-state index in [0.717, 1.165) is 58.4 Å². The third-order valence-corrected chi connectivity index (χ3v) is 18.2. The Morgan fingerprint density at radius 3 is 1.24 bits per heavy atom. The molecular formula is C75H90F2N8O12. The third kappa shape index (κ3) is 19.0. The van der Waals surface area contributed by atoms with Crippen molar-refractivity contribution in [3.8, 4) is 0 Å². The third-order valence-electron chi connectivity index (χ3n) is 18.2. The lowest BCUT2D eigenvalue weighted by atomic mass is 9.96. The lowest BCUT2D eigenvalue weighted by Gasteiger charge is -2.44. The lowest BCUT2D eigenvalue weighted by molar-refractivity contribution is -0.162. The number of ether oxygens (including phenoxy) is 3. The van der Waals surface area contributed by atoms with Gasteiger partial charge in [-0.2, -0.15) is 0 Å². The number of halogens is 2. The van der Waals surface area contributed by atoms with Crippen LogP contribution in [0.5, 0.6) is 0 Å². The fourth-order valence-corrected chi connectivity index (χ4v) is 12.5. The molecule has 0 radical (unpaired) electrons. The summed E-state index contributed by atoms with van der Waals surface area (Å²) in [5.74, 6) is -4.16. The topological polar surface area (TPSA) is 256 Å². The van der Waals surface area contributed by atoms with Gasteiger partial charge in [-0.1, -0.05) is 135 Å². The monoisotopic (exact) mass is 1330 g/mol. The fourth-order valence-electron chi connectivity index (χ4n) is 12.5. The first-order valence-corrected chi connectivity index (χ1v) is 33.2. The van der Waals surface area contributed by atoms with Crippen molar-refractivity contribution in [3.63, 3.8) is 0 Å². The zero-order valence-electron chi connectivity index (χ0n) is 56.7. The van der Waals surface area contributed by atoms with Gasteiger partial charge in [-0.3, -0.25) is 28.8 Å². The molecule has 0 aromatic heterocycles. The normalized spacial score (nSPS) is 18.0. The van der Waals surface area contributed by atoms with Crippen LogP contribution >= 0.6 is 0 Å². The predicted octanol–water partition coefficient (Wildman–Crippen LogP) is 8.30. The molecule has 97 heavy (non-hydrogen) atoms. The Morgan fingerprint density at radius 2 is 0.876 bits per heavy atom. The van der Waals surface area contributed by atoms with Crippen molar-refractivity contribution in [1.29, 1.82) is 0 Å². The molecule has 6 atom stereocenters. The van der Waals surface area contributed by atoms with Gasteiger partial charge in [-0.05, 0) is 141 Å². The highest BCUT2D eigenvalue weighted by molar-refractivity contribution is 5.98. The molecule has 4 aliphatic rings. The second-order valence-corrected chi connectivity index (χ2v) is 28.1. The zero-order valence-corrected chi connectivity index (χ0v) is 56.7. The maximum absolute atomic E-state index is 14.5. The van der Waals surface area contributed by atoms with Gasteiger partial charge >= 0.3 is 18.0 Å². The van der Waals surface area contributed by atoms with E-state index < -0.39 is 106 Å². The van der Waals surface area contributed by atoms with Crippen molar-refractivity contribution >= 4 is 75.0 Å². The Hall–Kier alpha value is -9.31. The van der Waals surface area contributed by atoms with Crippen molar-refractivity contribution in [1.82, 2.24) is 35.6 Å². The molecule has 6 aromatic carbocycles. The highest BCUT2D eigenvalue weighted by Crippen LogP contribution is 2.38. The van der Waals surface area contributed by atoms with Gasteiger partial charge in [-0.25, -0.2) is 23.2 Å². The van der Waals surface area contributed by atoms with Crippen LogP contribution in [0.25, 0.3) is 21.5 Å². The molecule has 7 amide bonds. The number of amides is 7. The van der Waals surface area contributed by atoms with Gasteiger partial charge < -0.3 is 55.5 Å². The van der Waals surface area contributed by atoms with Crippen molar-refractivity contribution in [3.05, 3.63) is 167 Å². The van der Waals surface area contributed by atoms with E-state index in [4.69, 9.17) is 19.9 Å². The zero-order chi connectivity index (χ0) is 70.1. The first kappa shape index (κ1) is 72.0. The largest absolute Gasteiger partial charge is 0.467 e. The van der Waals surface area contributed by atoms with Crippen LogP contribution < -0.4 is 21.7 Å². The number of nitrogens with one attached hydrogen (secondary N) is 3. The SMILES string of the molecule is COC(=O)[C@H](Cc1ccc2ccccc2c1)N1CCN(C(=O)[C@@H](Cc2ccc(F)cc2)NC(=O)C(C)(C)N)[C@@H](CC2CC2)C1=O.COC(=O)[C@H](Cc1ccc2ccccc2c1)N1CCN(C(=O)[C@@H](Cc2ccc(F)cc2)NC(=O)C(C)(C)NC(=O)OC(C)(C)C)[C@@H](CC2CC2)C1=O. The maximum Gasteiger partial charge on any atom is 0.408 e. The molecule has 2 heterocycles. The van der Waals surface area contributed by atoms with Crippen LogP contribution in [0.2, 0.25) is 0 Å². The molecule has 6 aromatic rings. The summed E-state index contributed by atoms with van der Waals surface area (Å²) in [7, 11) is 2.60. The quantitative estimate of drug-likeness (QED) is 0.0348. The summed E-state index contributed by atoms with van der Waals surface area (Å²) in [5.41, 5.74) is 5.49. The van der Waals surface area contributed by atoms with Crippen molar-refractivity contribution < 1.29 is 66.1 Å². The second kappa shape index (κ2) is 30.8. The summed E-state index contributed by atoms with van der Waals surface area (Å²) in [4.78, 5) is 129. The summed E-state index contributed by atoms with van der Waals surface area (Å²) < 4.78 is 43.1.